The zero-order chi connectivity index (χ0) is 14.0. The highest BCUT2D eigenvalue weighted by atomic mass is 32.2. The lowest BCUT2D eigenvalue weighted by Crippen LogP contribution is -2.38. The third kappa shape index (κ3) is 2.82. The molecule has 0 saturated carbocycles. The zero-order valence-electron chi connectivity index (χ0n) is 11.6. The van der Waals surface area contributed by atoms with Crippen LogP contribution in [0.4, 0.5) is 0 Å². The van der Waals surface area contributed by atoms with Crippen molar-refractivity contribution in [3.05, 3.63) is 11.5 Å². The minimum atomic E-state index is -3.52. The Balaban J connectivity index is 2.28. The first-order valence-corrected chi connectivity index (χ1v) is 8.00. The van der Waals surface area contributed by atoms with E-state index >= 15 is 0 Å². The summed E-state index contributed by atoms with van der Waals surface area (Å²) in [5.74, 6) is 0.357. The van der Waals surface area contributed by atoms with Crippen LogP contribution in [0.3, 0.4) is 0 Å². The van der Waals surface area contributed by atoms with Crippen molar-refractivity contribution >= 4 is 10.0 Å². The van der Waals surface area contributed by atoms with E-state index in [-0.39, 0.29) is 10.9 Å². The van der Waals surface area contributed by atoms with E-state index in [2.05, 4.69) is 10.5 Å². The first-order valence-electron chi connectivity index (χ1n) is 6.56. The van der Waals surface area contributed by atoms with E-state index in [1.807, 2.05) is 0 Å². The number of nitrogens with one attached hydrogen (secondary N) is 1. The van der Waals surface area contributed by atoms with Crippen molar-refractivity contribution in [3.63, 3.8) is 0 Å². The summed E-state index contributed by atoms with van der Waals surface area (Å²) in [5.41, 5.74) is 0.427. The topological polar surface area (TPSA) is 75.4 Å². The smallest absolute Gasteiger partial charge is 0.248 e. The van der Waals surface area contributed by atoms with Crippen molar-refractivity contribution in [2.45, 2.75) is 44.0 Å². The van der Waals surface area contributed by atoms with Crippen LogP contribution >= 0.6 is 0 Å². The van der Waals surface area contributed by atoms with Crippen molar-refractivity contribution in [1.82, 2.24) is 14.8 Å². The Kier molecular flexibility index (Phi) is 4.27. The predicted octanol–water partition coefficient (Wildman–Crippen LogP) is 1.05. The molecule has 0 radical (unpaired) electrons. The van der Waals surface area contributed by atoms with Crippen LogP contribution in [-0.2, 0) is 10.0 Å². The highest BCUT2D eigenvalue weighted by Crippen LogP contribution is 2.26. The molecule has 6 nitrogen and oxygen atoms in total. The molecule has 1 aliphatic rings. The summed E-state index contributed by atoms with van der Waals surface area (Å²) in [4.78, 5) is 0.215. The Morgan fingerprint density at radius 2 is 2.05 bits per heavy atom. The van der Waals surface area contributed by atoms with Crippen LogP contribution in [-0.4, -0.2) is 44.1 Å². The maximum absolute atomic E-state index is 12.7. The number of sulfonamides is 1. The first kappa shape index (κ1) is 14.5. The molecule has 1 saturated heterocycles. The van der Waals surface area contributed by atoms with Gasteiger partial charge in [0.15, 0.2) is 5.76 Å². The minimum Gasteiger partial charge on any atom is -0.360 e. The van der Waals surface area contributed by atoms with Crippen LogP contribution in [0.5, 0.6) is 0 Å². The van der Waals surface area contributed by atoms with Crippen molar-refractivity contribution in [2.75, 3.05) is 20.1 Å². The molecular formula is C12H21N3O3S. The summed E-state index contributed by atoms with van der Waals surface area (Å²) >= 11 is 0. The molecule has 7 heteroatoms. The van der Waals surface area contributed by atoms with Gasteiger partial charge in [-0.15, -0.1) is 0 Å². The molecule has 1 unspecified atom stereocenters. The second-order valence-corrected chi connectivity index (χ2v) is 6.94. The summed E-state index contributed by atoms with van der Waals surface area (Å²) in [6.07, 6.45) is 2.71. The molecule has 0 aliphatic carbocycles. The van der Waals surface area contributed by atoms with Crippen LogP contribution < -0.4 is 5.32 Å². The molecule has 108 valence electrons. The highest BCUT2D eigenvalue weighted by molar-refractivity contribution is 7.89. The van der Waals surface area contributed by atoms with Crippen LogP contribution in [0.1, 0.15) is 30.7 Å². The zero-order valence-corrected chi connectivity index (χ0v) is 12.5. The SMILES string of the molecule is Cc1noc(C)c1S(=O)(=O)N(C)C1CCCNCC1. The molecule has 0 bridgehead atoms. The monoisotopic (exact) mass is 287 g/mol. The molecule has 1 aliphatic heterocycles. The molecule has 19 heavy (non-hydrogen) atoms. The van der Waals surface area contributed by atoms with Gasteiger partial charge in [0.25, 0.3) is 0 Å². The van der Waals surface area contributed by atoms with Gasteiger partial charge in [-0.3, -0.25) is 0 Å². The van der Waals surface area contributed by atoms with Gasteiger partial charge in [-0.05, 0) is 46.2 Å². The van der Waals surface area contributed by atoms with E-state index in [4.69, 9.17) is 4.52 Å². The number of rotatable bonds is 3. The molecular weight excluding hydrogens is 266 g/mol. The second-order valence-electron chi connectivity index (χ2n) is 5.01. The number of nitrogens with zero attached hydrogens (tertiary/aromatic N) is 2. The van der Waals surface area contributed by atoms with E-state index < -0.39 is 10.0 Å². The van der Waals surface area contributed by atoms with Gasteiger partial charge >= 0.3 is 0 Å². The minimum absolute atomic E-state index is 0.0358. The third-order valence-corrected chi connectivity index (χ3v) is 5.82. The lowest BCUT2D eigenvalue weighted by Gasteiger charge is -2.26. The van der Waals surface area contributed by atoms with Crippen molar-refractivity contribution in [1.29, 1.82) is 0 Å². The first-order chi connectivity index (χ1) is 8.94. The summed E-state index contributed by atoms with van der Waals surface area (Å²) in [6.45, 7) is 5.10. The molecule has 0 spiro atoms. The summed E-state index contributed by atoms with van der Waals surface area (Å²) in [7, 11) is -1.87. The molecule has 0 aromatic carbocycles. The van der Waals surface area contributed by atoms with Crippen LogP contribution in [0, 0.1) is 13.8 Å². The summed E-state index contributed by atoms with van der Waals surface area (Å²) in [6, 6.07) is 0.0358. The van der Waals surface area contributed by atoms with Crippen molar-refractivity contribution in [2.24, 2.45) is 0 Å². The van der Waals surface area contributed by atoms with E-state index in [0.29, 0.717) is 11.5 Å². The number of aromatic nitrogens is 1. The fourth-order valence-electron chi connectivity index (χ4n) is 2.55. The van der Waals surface area contributed by atoms with Gasteiger partial charge in [-0.2, -0.15) is 4.31 Å². The van der Waals surface area contributed by atoms with Gasteiger partial charge in [-0.25, -0.2) is 8.42 Å². The maximum atomic E-state index is 12.7. The number of hydrogen-bond acceptors (Lipinski definition) is 5. The molecule has 2 rings (SSSR count). The molecule has 0 amide bonds. The van der Waals surface area contributed by atoms with Gasteiger partial charge in [0, 0.05) is 13.1 Å². The average Bonchev–Trinajstić information content (AvgIpc) is 2.59. The molecule has 1 N–H and O–H groups in total. The summed E-state index contributed by atoms with van der Waals surface area (Å²) in [5, 5.41) is 7.02. The molecule has 1 fully saturated rings. The standard InChI is InChI=1S/C12H21N3O3S/c1-9-12(10(2)18-14-9)19(16,17)15(3)11-5-4-7-13-8-6-11/h11,13H,4-8H2,1-3H3. The fourth-order valence-corrected chi connectivity index (χ4v) is 4.25. The molecule has 2 heterocycles. The van der Waals surface area contributed by atoms with Gasteiger partial charge in [0.2, 0.25) is 10.0 Å². The van der Waals surface area contributed by atoms with Crippen LogP contribution in [0.25, 0.3) is 0 Å². The Bertz CT molecular complexity index is 511. The lowest BCUT2D eigenvalue weighted by molar-refractivity contribution is 0.340. The normalized spacial score (nSPS) is 21.6. The van der Waals surface area contributed by atoms with Gasteiger partial charge in [0.05, 0.1) is 0 Å². The largest absolute Gasteiger partial charge is 0.360 e. The highest BCUT2D eigenvalue weighted by Gasteiger charge is 2.33. The quantitative estimate of drug-likeness (QED) is 0.899. The van der Waals surface area contributed by atoms with Gasteiger partial charge < -0.3 is 9.84 Å². The van der Waals surface area contributed by atoms with Crippen molar-refractivity contribution in [3.8, 4) is 0 Å². The molecule has 1 aromatic heterocycles. The van der Waals surface area contributed by atoms with E-state index in [1.165, 1.54) is 4.31 Å². The number of aryl methyl sites for hydroxylation is 2. The Labute approximate surface area is 114 Å². The Hall–Kier alpha value is -0.920. The van der Waals surface area contributed by atoms with Gasteiger partial charge in [-0.1, -0.05) is 5.16 Å². The lowest BCUT2D eigenvalue weighted by atomic mass is 10.1. The Morgan fingerprint density at radius 1 is 1.32 bits per heavy atom. The summed E-state index contributed by atoms with van der Waals surface area (Å²) < 4.78 is 31.8. The molecule has 1 aromatic rings. The second kappa shape index (κ2) is 5.60. The van der Waals surface area contributed by atoms with Crippen LogP contribution in [0.2, 0.25) is 0 Å². The predicted molar refractivity (Wildman–Crippen MR) is 71.4 cm³/mol. The Morgan fingerprint density at radius 3 is 2.68 bits per heavy atom. The van der Waals surface area contributed by atoms with Gasteiger partial charge in [0.1, 0.15) is 10.6 Å². The maximum Gasteiger partial charge on any atom is 0.248 e. The molecule has 1 atom stereocenters. The van der Waals surface area contributed by atoms with Crippen molar-refractivity contribution < 1.29 is 12.9 Å². The van der Waals surface area contributed by atoms with E-state index in [9.17, 15) is 8.42 Å². The average molecular weight is 287 g/mol. The number of hydrogen-bond donors (Lipinski definition) is 1. The van der Waals surface area contributed by atoms with E-state index in [0.717, 1.165) is 32.4 Å². The van der Waals surface area contributed by atoms with Crippen LogP contribution in [0.15, 0.2) is 9.42 Å². The van der Waals surface area contributed by atoms with E-state index in [1.54, 1.807) is 20.9 Å². The fraction of sp³-hybridized carbons (Fsp3) is 0.750. The third-order valence-electron chi connectivity index (χ3n) is 3.66.